The molecular formula is C19H17ClN2O3. The number of hydrogen-bond donors (Lipinski definition) is 2. The Morgan fingerprint density at radius 1 is 1.24 bits per heavy atom. The maximum Gasteiger partial charge on any atom is 0.273 e. The lowest BCUT2D eigenvalue weighted by Crippen LogP contribution is -2.28. The van der Waals surface area contributed by atoms with Crippen molar-refractivity contribution >= 4 is 17.5 Å². The van der Waals surface area contributed by atoms with E-state index in [0.29, 0.717) is 10.8 Å². The quantitative estimate of drug-likeness (QED) is 0.729. The molecule has 0 aliphatic rings. The van der Waals surface area contributed by atoms with Crippen molar-refractivity contribution in [2.45, 2.75) is 13.0 Å². The molecule has 0 fully saturated rings. The van der Waals surface area contributed by atoms with Crippen LogP contribution in [0.1, 0.15) is 27.7 Å². The van der Waals surface area contributed by atoms with Crippen molar-refractivity contribution in [3.05, 3.63) is 76.4 Å². The summed E-state index contributed by atoms with van der Waals surface area (Å²) in [5.74, 6) is 0.0370. The highest BCUT2D eigenvalue weighted by molar-refractivity contribution is 6.30. The summed E-state index contributed by atoms with van der Waals surface area (Å²) >= 11 is 5.95. The van der Waals surface area contributed by atoms with Crippen LogP contribution >= 0.6 is 11.6 Å². The molecule has 128 valence electrons. The van der Waals surface area contributed by atoms with Gasteiger partial charge in [-0.05, 0) is 24.6 Å². The summed E-state index contributed by atoms with van der Waals surface area (Å²) in [6.07, 6.45) is -0.788. The number of aliphatic hydroxyl groups is 1. The standard InChI is InChI=1S/C19H17ClN2O3/c1-12-5-7-13(8-6-12)17(23)11-21-19(24)16-10-18(25-22-16)14-3-2-4-15(20)9-14/h2-10,17,23H,11H2,1H3,(H,21,24)/t17-/m0/s1. The number of halogens is 1. The third-order valence-corrected chi connectivity index (χ3v) is 4.01. The Kier molecular flexibility index (Phi) is 5.16. The van der Waals surface area contributed by atoms with E-state index in [1.54, 1.807) is 24.3 Å². The number of benzene rings is 2. The van der Waals surface area contributed by atoms with Crippen molar-refractivity contribution in [3.63, 3.8) is 0 Å². The van der Waals surface area contributed by atoms with Crippen LogP contribution in [0.3, 0.4) is 0 Å². The van der Waals surface area contributed by atoms with Crippen molar-refractivity contribution in [2.24, 2.45) is 0 Å². The van der Waals surface area contributed by atoms with E-state index in [1.165, 1.54) is 0 Å². The maximum atomic E-state index is 12.2. The predicted molar refractivity (Wildman–Crippen MR) is 95.4 cm³/mol. The first-order valence-electron chi connectivity index (χ1n) is 7.78. The third-order valence-electron chi connectivity index (χ3n) is 3.77. The lowest BCUT2D eigenvalue weighted by Gasteiger charge is -2.11. The number of aromatic nitrogens is 1. The van der Waals surface area contributed by atoms with Gasteiger partial charge >= 0.3 is 0 Å². The Bertz CT molecular complexity index is 874. The molecule has 0 saturated carbocycles. The molecule has 0 aliphatic carbocycles. The van der Waals surface area contributed by atoms with Crippen LogP contribution < -0.4 is 5.32 Å². The molecular weight excluding hydrogens is 340 g/mol. The van der Waals surface area contributed by atoms with Gasteiger partial charge in [0.25, 0.3) is 5.91 Å². The second-order valence-corrected chi connectivity index (χ2v) is 6.16. The van der Waals surface area contributed by atoms with Crippen LogP contribution in [0, 0.1) is 6.92 Å². The number of carbonyl (C=O) groups is 1. The summed E-state index contributed by atoms with van der Waals surface area (Å²) in [6.45, 7) is 2.06. The van der Waals surface area contributed by atoms with Gasteiger partial charge in [0.1, 0.15) is 0 Å². The van der Waals surface area contributed by atoms with Gasteiger partial charge in [-0.2, -0.15) is 0 Å². The minimum Gasteiger partial charge on any atom is -0.387 e. The second-order valence-electron chi connectivity index (χ2n) is 5.72. The molecule has 0 spiro atoms. The molecule has 1 atom stereocenters. The molecule has 0 aliphatic heterocycles. The van der Waals surface area contributed by atoms with E-state index in [2.05, 4.69) is 10.5 Å². The van der Waals surface area contributed by atoms with E-state index in [4.69, 9.17) is 16.1 Å². The van der Waals surface area contributed by atoms with Crippen molar-refractivity contribution < 1.29 is 14.4 Å². The van der Waals surface area contributed by atoms with E-state index in [-0.39, 0.29) is 12.2 Å². The molecule has 3 rings (SSSR count). The first-order valence-corrected chi connectivity index (χ1v) is 8.16. The summed E-state index contributed by atoms with van der Waals surface area (Å²) in [4.78, 5) is 12.2. The number of nitrogens with one attached hydrogen (secondary N) is 1. The first kappa shape index (κ1) is 17.2. The summed E-state index contributed by atoms with van der Waals surface area (Å²) < 4.78 is 5.20. The number of amides is 1. The molecule has 6 heteroatoms. The summed E-state index contributed by atoms with van der Waals surface area (Å²) in [6, 6.07) is 16.1. The molecule has 0 saturated heterocycles. The van der Waals surface area contributed by atoms with Crippen molar-refractivity contribution in [3.8, 4) is 11.3 Å². The van der Waals surface area contributed by atoms with Crippen LogP contribution in [0.25, 0.3) is 11.3 Å². The Labute approximate surface area is 150 Å². The predicted octanol–water partition coefficient (Wildman–Crippen LogP) is 3.77. The first-order chi connectivity index (χ1) is 12.0. The molecule has 25 heavy (non-hydrogen) atoms. The van der Waals surface area contributed by atoms with Crippen LogP contribution in [0.2, 0.25) is 5.02 Å². The molecule has 1 heterocycles. The zero-order chi connectivity index (χ0) is 17.8. The normalized spacial score (nSPS) is 12.0. The van der Waals surface area contributed by atoms with Gasteiger partial charge in [0, 0.05) is 23.2 Å². The fourth-order valence-corrected chi connectivity index (χ4v) is 2.54. The van der Waals surface area contributed by atoms with E-state index < -0.39 is 12.0 Å². The largest absolute Gasteiger partial charge is 0.387 e. The van der Waals surface area contributed by atoms with Gasteiger partial charge in [0.15, 0.2) is 11.5 Å². The molecule has 0 unspecified atom stereocenters. The number of carbonyl (C=O) groups excluding carboxylic acids is 1. The second kappa shape index (κ2) is 7.51. The summed E-state index contributed by atoms with van der Waals surface area (Å²) in [7, 11) is 0. The van der Waals surface area contributed by atoms with Crippen molar-refractivity contribution in [1.82, 2.24) is 10.5 Å². The van der Waals surface area contributed by atoms with Crippen molar-refractivity contribution in [2.75, 3.05) is 6.54 Å². The van der Waals surface area contributed by atoms with E-state index >= 15 is 0 Å². The molecule has 1 amide bonds. The Morgan fingerprint density at radius 3 is 2.72 bits per heavy atom. The van der Waals surface area contributed by atoms with Gasteiger partial charge < -0.3 is 14.9 Å². The van der Waals surface area contributed by atoms with E-state index in [1.807, 2.05) is 37.3 Å². The van der Waals surface area contributed by atoms with E-state index in [0.717, 1.165) is 16.7 Å². The average Bonchev–Trinajstić information content (AvgIpc) is 3.10. The Balaban J connectivity index is 1.63. The molecule has 2 aromatic carbocycles. The van der Waals surface area contributed by atoms with Gasteiger partial charge in [0.05, 0.1) is 6.10 Å². The highest BCUT2D eigenvalue weighted by atomic mass is 35.5. The van der Waals surface area contributed by atoms with Gasteiger partial charge in [-0.25, -0.2) is 0 Å². The summed E-state index contributed by atoms with van der Waals surface area (Å²) in [5, 5.41) is 17.1. The molecule has 3 aromatic rings. The Morgan fingerprint density at radius 2 is 2.00 bits per heavy atom. The molecule has 0 bridgehead atoms. The van der Waals surface area contributed by atoms with Gasteiger partial charge in [-0.1, -0.05) is 58.7 Å². The van der Waals surface area contributed by atoms with Gasteiger partial charge in [-0.15, -0.1) is 0 Å². The van der Waals surface area contributed by atoms with Crippen LogP contribution in [-0.4, -0.2) is 22.7 Å². The van der Waals surface area contributed by atoms with Crippen LogP contribution in [0.5, 0.6) is 0 Å². The lowest BCUT2D eigenvalue weighted by molar-refractivity contribution is 0.0907. The molecule has 2 N–H and O–H groups in total. The van der Waals surface area contributed by atoms with Crippen LogP contribution in [-0.2, 0) is 0 Å². The number of hydrogen-bond acceptors (Lipinski definition) is 4. The minimum absolute atomic E-state index is 0.0846. The zero-order valence-corrected chi connectivity index (χ0v) is 14.3. The SMILES string of the molecule is Cc1ccc([C@@H](O)CNC(=O)c2cc(-c3cccc(Cl)c3)on2)cc1. The molecule has 1 aromatic heterocycles. The highest BCUT2D eigenvalue weighted by Crippen LogP contribution is 2.23. The van der Waals surface area contributed by atoms with E-state index in [9.17, 15) is 9.90 Å². The zero-order valence-electron chi connectivity index (χ0n) is 13.6. The minimum atomic E-state index is -0.788. The lowest BCUT2D eigenvalue weighted by atomic mass is 10.1. The number of nitrogens with zero attached hydrogens (tertiary/aromatic N) is 1. The average molecular weight is 357 g/mol. The number of aliphatic hydroxyl groups excluding tert-OH is 1. The molecule has 0 radical (unpaired) electrons. The van der Waals surface area contributed by atoms with Gasteiger partial charge in [0.2, 0.25) is 0 Å². The van der Waals surface area contributed by atoms with Crippen LogP contribution in [0.4, 0.5) is 0 Å². The Hall–Kier alpha value is -2.63. The molecule has 5 nitrogen and oxygen atoms in total. The fourth-order valence-electron chi connectivity index (χ4n) is 2.35. The smallest absolute Gasteiger partial charge is 0.273 e. The fraction of sp³-hybridized carbons (Fsp3) is 0.158. The van der Waals surface area contributed by atoms with Crippen molar-refractivity contribution in [1.29, 1.82) is 0 Å². The van der Waals surface area contributed by atoms with Crippen LogP contribution in [0.15, 0.2) is 59.1 Å². The highest BCUT2D eigenvalue weighted by Gasteiger charge is 2.15. The summed E-state index contributed by atoms with van der Waals surface area (Å²) in [5.41, 5.74) is 2.73. The third kappa shape index (κ3) is 4.26. The number of rotatable bonds is 5. The van der Waals surface area contributed by atoms with Gasteiger partial charge in [-0.3, -0.25) is 4.79 Å². The number of aryl methyl sites for hydroxylation is 1. The monoisotopic (exact) mass is 356 g/mol. The topological polar surface area (TPSA) is 75.4 Å². The maximum absolute atomic E-state index is 12.2.